The number of carbonyl (C=O) groups is 2. The van der Waals surface area contributed by atoms with Gasteiger partial charge in [-0.25, -0.2) is 0 Å². The van der Waals surface area contributed by atoms with Crippen LogP contribution in [-0.2, 0) is 10.4 Å². The number of aliphatic hydroxyl groups is 1. The molecule has 0 spiro atoms. The average molecular weight is 513 g/mol. The lowest BCUT2D eigenvalue weighted by molar-refractivity contribution is -0.133. The van der Waals surface area contributed by atoms with Crippen molar-refractivity contribution in [2.24, 2.45) is 5.73 Å². The van der Waals surface area contributed by atoms with E-state index in [1.54, 1.807) is 36.1 Å². The summed E-state index contributed by atoms with van der Waals surface area (Å²) in [6, 6.07) is 8.19. The number of hydrogen-bond donors (Lipinski definition) is 2. The van der Waals surface area contributed by atoms with E-state index in [0.717, 1.165) is 25.9 Å². The Balaban J connectivity index is 0.00000306. The van der Waals surface area contributed by atoms with Gasteiger partial charge in [0.05, 0.1) is 5.69 Å². The van der Waals surface area contributed by atoms with Crippen LogP contribution in [0.4, 0.5) is 5.69 Å². The predicted molar refractivity (Wildman–Crippen MR) is 134 cm³/mol. The maximum absolute atomic E-state index is 13.9. The fraction of sp³-hybridized carbons (Fsp3) is 0.417. The molecule has 0 bridgehead atoms. The van der Waals surface area contributed by atoms with Crippen LogP contribution in [0.15, 0.2) is 30.3 Å². The summed E-state index contributed by atoms with van der Waals surface area (Å²) in [7, 11) is 0. The van der Waals surface area contributed by atoms with Gasteiger partial charge < -0.3 is 20.6 Å². The highest BCUT2D eigenvalue weighted by molar-refractivity contribution is 6.35. The van der Waals surface area contributed by atoms with E-state index in [9.17, 15) is 14.7 Å². The van der Waals surface area contributed by atoms with Gasteiger partial charge in [-0.15, -0.1) is 12.4 Å². The summed E-state index contributed by atoms with van der Waals surface area (Å²) in [5.41, 5.74) is 5.69. The van der Waals surface area contributed by atoms with Crippen molar-refractivity contribution in [3.05, 3.63) is 62.6 Å². The molecule has 1 aliphatic carbocycles. The summed E-state index contributed by atoms with van der Waals surface area (Å²) in [5, 5.41) is 12.5. The number of aryl methyl sites for hydroxylation is 1. The summed E-state index contributed by atoms with van der Waals surface area (Å²) in [4.78, 5) is 29.8. The van der Waals surface area contributed by atoms with Crippen molar-refractivity contribution in [3.63, 3.8) is 0 Å². The Morgan fingerprint density at radius 3 is 2.39 bits per heavy atom. The maximum atomic E-state index is 13.9. The van der Waals surface area contributed by atoms with E-state index in [-0.39, 0.29) is 29.0 Å². The second-order valence-electron chi connectivity index (χ2n) is 8.56. The Kier molecular flexibility index (Phi) is 7.37. The van der Waals surface area contributed by atoms with Crippen LogP contribution < -0.4 is 10.6 Å². The van der Waals surface area contributed by atoms with Crippen LogP contribution in [0, 0.1) is 6.92 Å². The van der Waals surface area contributed by atoms with Gasteiger partial charge in [0.2, 0.25) is 5.91 Å². The van der Waals surface area contributed by atoms with Gasteiger partial charge in [0, 0.05) is 38.8 Å². The van der Waals surface area contributed by atoms with E-state index in [1.807, 2.05) is 0 Å². The number of nitrogens with two attached hydrogens (primary N) is 1. The monoisotopic (exact) mass is 511 g/mol. The van der Waals surface area contributed by atoms with Crippen molar-refractivity contribution < 1.29 is 14.7 Å². The minimum absolute atomic E-state index is 0. The van der Waals surface area contributed by atoms with Crippen LogP contribution in [-0.4, -0.2) is 47.0 Å². The maximum Gasteiger partial charge on any atom is 0.268 e. The predicted octanol–water partition coefficient (Wildman–Crippen LogP) is 4.28. The minimum Gasteiger partial charge on any atom is -0.372 e. The van der Waals surface area contributed by atoms with Gasteiger partial charge in [0.15, 0.2) is 5.60 Å². The van der Waals surface area contributed by atoms with E-state index in [4.69, 9.17) is 28.9 Å². The van der Waals surface area contributed by atoms with Gasteiger partial charge in [0.1, 0.15) is 0 Å². The third-order valence-electron chi connectivity index (χ3n) is 6.85. The van der Waals surface area contributed by atoms with Crippen LogP contribution in [0.1, 0.15) is 53.7 Å². The normalized spacial score (nSPS) is 23.8. The van der Waals surface area contributed by atoms with E-state index in [0.29, 0.717) is 33.4 Å². The summed E-state index contributed by atoms with van der Waals surface area (Å²) < 4.78 is 0. The number of benzene rings is 2. The molecule has 1 unspecified atom stereocenters. The first-order chi connectivity index (χ1) is 15.1. The largest absolute Gasteiger partial charge is 0.372 e. The zero-order valence-corrected chi connectivity index (χ0v) is 21.1. The molecule has 1 saturated carbocycles. The van der Waals surface area contributed by atoms with Crippen molar-refractivity contribution in [1.29, 1.82) is 0 Å². The quantitative estimate of drug-likeness (QED) is 0.605. The Bertz CT molecular complexity index is 1100. The molecular formula is C24H28Cl3N3O3. The molecule has 0 saturated heterocycles. The number of nitrogens with zero attached hydrogens (tertiary/aromatic N) is 2. The summed E-state index contributed by atoms with van der Waals surface area (Å²) in [6.45, 7) is 7.88. The molecule has 0 radical (unpaired) electrons. The number of amides is 2. The highest BCUT2D eigenvalue weighted by Gasteiger charge is 2.56. The molecule has 2 aromatic rings. The number of primary amides is 1. The van der Waals surface area contributed by atoms with E-state index in [2.05, 4.69) is 18.7 Å². The molecule has 0 aromatic heterocycles. The van der Waals surface area contributed by atoms with Crippen molar-refractivity contribution in [2.45, 2.75) is 51.3 Å². The SMILES string of the molecule is CCN(CC)C1CC(N2C(=O)C(O)(c3ccc(Cl)cc3Cl)c3c(C)cc(C(N)=O)cc32)C1.Cl. The molecule has 2 aliphatic rings. The molecule has 2 aromatic carbocycles. The molecule has 1 atom stereocenters. The third kappa shape index (κ3) is 4.02. The lowest BCUT2D eigenvalue weighted by atomic mass is 9.83. The van der Waals surface area contributed by atoms with Crippen molar-refractivity contribution in [3.8, 4) is 0 Å². The number of carbonyl (C=O) groups excluding carboxylic acids is 2. The van der Waals surface area contributed by atoms with Crippen LogP contribution in [0.5, 0.6) is 0 Å². The number of anilines is 1. The van der Waals surface area contributed by atoms with Gasteiger partial charge in [-0.1, -0.05) is 43.1 Å². The first-order valence-electron chi connectivity index (χ1n) is 10.8. The summed E-state index contributed by atoms with van der Waals surface area (Å²) in [5.74, 6) is -1.05. The molecule has 1 fully saturated rings. The fourth-order valence-corrected chi connectivity index (χ4v) is 5.71. The topological polar surface area (TPSA) is 86.9 Å². The molecule has 1 heterocycles. The van der Waals surface area contributed by atoms with Crippen LogP contribution in [0.2, 0.25) is 10.0 Å². The molecule has 4 rings (SSSR count). The zero-order valence-electron chi connectivity index (χ0n) is 18.8. The summed E-state index contributed by atoms with van der Waals surface area (Å²) >= 11 is 12.5. The molecule has 3 N–H and O–H groups in total. The molecule has 178 valence electrons. The molecular weight excluding hydrogens is 485 g/mol. The van der Waals surface area contributed by atoms with E-state index in [1.165, 1.54) is 6.07 Å². The number of halogens is 3. The Morgan fingerprint density at radius 1 is 1.21 bits per heavy atom. The Labute approximate surface area is 210 Å². The smallest absolute Gasteiger partial charge is 0.268 e. The molecule has 33 heavy (non-hydrogen) atoms. The van der Waals surface area contributed by atoms with Crippen LogP contribution >= 0.6 is 35.6 Å². The van der Waals surface area contributed by atoms with Crippen LogP contribution in [0.3, 0.4) is 0 Å². The number of rotatable bonds is 6. The highest BCUT2D eigenvalue weighted by Crippen LogP contribution is 2.51. The highest BCUT2D eigenvalue weighted by atomic mass is 35.5. The van der Waals surface area contributed by atoms with Crippen molar-refractivity contribution in [1.82, 2.24) is 4.90 Å². The van der Waals surface area contributed by atoms with Gasteiger partial charge in [-0.2, -0.15) is 0 Å². The minimum atomic E-state index is -1.97. The van der Waals surface area contributed by atoms with Gasteiger partial charge in [-0.3, -0.25) is 9.59 Å². The Morgan fingerprint density at radius 2 is 1.85 bits per heavy atom. The van der Waals surface area contributed by atoms with Crippen molar-refractivity contribution in [2.75, 3.05) is 18.0 Å². The van der Waals surface area contributed by atoms with Gasteiger partial charge in [-0.05, 0) is 62.7 Å². The number of hydrogen-bond acceptors (Lipinski definition) is 4. The zero-order chi connectivity index (χ0) is 23.4. The summed E-state index contributed by atoms with van der Waals surface area (Å²) in [6.07, 6.45) is 1.58. The Hall–Kier alpha value is -1.83. The standard InChI is InChI=1S/C24H27Cl2N3O3.ClH/c1-4-28(5-2)16-11-17(12-16)29-20-9-14(22(27)30)8-13(3)21(20)24(32,23(29)31)18-7-6-15(25)10-19(18)26;/h6-10,16-17,32H,4-5,11-12H2,1-3H3,(H2,27,30);1H. The second-order valence-corrected chi connectivity index (χ2v) is 9.41. The lowest BCUT2D eigenvalue weighted by Crippen LogP contribution is -2.56. The van der Waals surface area contributed by atoms with Crippen LogP contribution in [0.25, 0.3) is 0 Å². The first kappa shape index (κ1) is 25.8. The molecule has 9 heteroatoms. The average Bonchev–Trinajstić information content (AvgIpc) is 2.92. The second kappa shape index (κ2) is 9.43. The lowest BCUT2D eigenvalue weighted by Gasteiger charge is -2.46. The van der Waals surface area contributed by atoms with Crippen molar-refractivity contribution >= 4 is 53.1 Å². The third-order valence-corrected chi connectivity index (χ3v) is 7.40. The van der Waals surface area contributed by atoms with E-state index < -0.39 is 17.4 Å². The molecule has 2 amide bonds. The first-order valence-corrected chi connectivity index (χ1v) is 11.6. The van der Waals surface area contributed by atoms with Gasteiger partial charge in [0.25, 0.3) is 5.91 Å². The fourth-order valence-electron chi connectivity index (χ4n) is 5.17. The van der Waals surface area contributed by atoms with Gasteiger partial charge >= 0.3 is 0 Å². The molecule has 6 nitrogen and oxygen atoms in total. The number of fused-ring (bicyclic) bond motifs is 1. The molecule has 1 aliphatic heterocycles. The van der Waals surface area contributed by atoms with E-state index >= 15 is 0 Å².